The van der Waals surface area contributed by atoms with E-state index in [4.69, 9.17) is 0 Å². The Morgan fingerprint density at radius 2 is 1.17 bits per heavy atom. The summed E-state index contributed by atoms with van der Waals surface area (Å²) >= 11 is 0. The highest BCUT2D eigenvalue weighted by Gasteiger charge is 2.16. The number of carbonyl (C=O) groups is 1. The Morgan fingerprint density at radius 3 is 2.04 bits per heavy atom. The van der Waals surface area contributed by atoms with Gasteiger partial charge >= 0.3 is 0 Å². The molecule has 24 heavy (non-hydrogen) atoms. The number of hydrogen-bond acceptors (Lipinski definition) is 1. The fraction of sp³-hybridized carbons (Fsp3) is 0. The summed E-state index contributed by atoms with van der Waals surface area (Å²) in [6.45, 7) is 0. The van der Waals surface area contributed by atoms with Gasteiger partial charge in [0.2, 0.25) is 0 Å². The fourth-order valence-corrected chi connectivity index (χ4v) is 3.12. The van der Waals surface area contributed by atoms with Gasteiger partial charge in [-0.1, -0.05) is 97.1 Å². The summed E-state index contributed by atoms with van der Waals surface area (Å²) in [6.07, 6.45) is 0. The van der Waals surface area contributed by atoms with Crippen molar-refractivity contribution >= 4 is 16.6 Å². The van der Waals surface area contributed by atoms with Gasteiger partial charge in [-0.3, -0.25) is 4.79 Å². The Labute approximate surface area is 141 Å². The van der Waals surface area contributed by atoms with Crippen molar-refractivity contribution in [2.24, 2.45) is 0 Å². The molecule has 0 aliphatic heterocycles. The van der Waals surface area contributed by atoms with Crippen LogP contribution in [0.15, 0.2) is 97.1 Å². The fourth-order valence-electron chi connectivity index (χ4n) is 3.12. The Bertz CT molecular complexity index is 1010. The van der Waals surface area contributed by atoms with Crippen LogP contribution in [0.2, 0.25) is 0 Å². The van der Waals surface area contributed by atoms with Crippen LogP contribution in [0.5, 0.6) is 0 Å². The zero-order valence-corrected chi connectivity index (χ0v) is 13.1. The van der Waals surface area contributed by atoms with Gasteiger partial charge in [-0.05, 0) is 21.9 Å². The van der Waals surface area contributed by atoms with E-state index in [0.29, 0.717) is 0 Å². The largest absolute Gasteiger partial charge is 0.289 e. The second-order valence-electron chi connectivity index (χ2n) is 5.77. The lowest BCUT2D eigenvalue weighted by atomic mass is 9.92. The number of carbonyl (C=O) groups excluding carboxylic acids is 1. The van der Waals surface area contributed by atoms with Crippen molar-refractivity contribution in [3.8, 4) is 11.1 Å². The lowest BCUT2D eigenvalue weighted by Crippen LogP contribution is -2.04. The van der Waals surface area contributed by atoms with Gasteiger partial charge in [-0.15, -0.1) is 0 Å². The van der Waals surface area contributed by atoms with E-state index in [0.717, 1.165) is 33.0 Å². The van der Waals surface area contributed by atoms with E-state index in [2.05, 4.69) is 0 Å². The first-order valence-electron chi connectivity index (χ1n) is 8.01. The average molecular weight is 308 g/mol. The lowest BCUT2D eigenvalue weighted by molar-refractivity contribution is 0.104. The van der Waals surface area contributed by atoms with Crippen molar-refractivity contribution in [1.82, 2.24) is 0 Å². The molecule has 114 valence electrons. The summed E-state index contributed by atoms with van der Waals surface area (Å²) in [4.78, 5) is 13.3. The van der Waals surface area contributed by atoms with Gasteiger partial charge in [-0.2, -0.15) is 0 Å². The number of ketones is 1. The molecule has 0 aliphatic carbocycles. The highest BCUT2D eigenvalue weighted by atomic mass is 16.1. The zero-order chi connectivity index (χ0) is 16.4. The van der Waals surface area contributed by atoms with Crippen molar-refractivity contribution in [2.45, 2.75) is 0 Å². The minimum Gasteiger partial charge on any atom is -0.289 e. The molecule has 0 radical (unpaired) electrons. The summed E-state index contributed by atoms with van der Waals surface area (Å²) in [7, 11) is 0. The van der Waals surface area contributed by atoms with E-state index in [1.165, 1.54) is 0 Å². The van der Waals surface area contributed by atoms with E-state index in [1.807, 2.05) is 97.1 Å². The molecule has 4 aromatic carbocycles. The van der Waals surface area contributed by atoms with Gasteiger partial charge in [0.1, 0.15) is 0 Å². The number of fused-ring (bicyclic) bond motifs is 1. The number of hydrogen-bond donors (Lipinski definition) is 0. The third-order valence-corrected chi connectivity index (χ3v) is 4.29. The Hall–Kier alpha value is -3.19. The Balaban J connectivity index is 1.89. The zero-order valence-electron chi connectivity index (χ0n) is 13.1. The molecule has 0 heterocycles. The van der Waals surface area contributed by atoms with Crippen molar-refractivity contribution in [2.75, 3.05) is 0 Å². The van der Waals surface area contributed by atoms with Crippen molar-refractivity contribution in [3.63, 3.8) is 0 Å². The normalized spacial score (nSPS) is 10.7. The molecule has 4 aromatic rings. The molecule has 0 atom stereocenters. The third kappa shape index (κ3) is 2.50. The third-order valence-electron chi connectivity index (χ3n) is 4.29. The van der Waals surface area contributed by atoms with E-state index >= 15 is 0 Å². The molecule has 0 spiro atoms. The molecule has 0 aliphatic rings. The molecule has 0 aromatic heterocycles. The number of benzene rings is 4. The monoisotopic (exact) mass is 308 g/mol. The second kappa shape index (κ2) is 6.13. The first kappa shape index (κ1) is 14.4. The molecule has 0 amide bonds. The van der Waals surface area contributed by atoms with Crippen LogP contribution < -0.4 is 0 Å². The molecule has 0 saturated heterocycles. The molecule has 1 heteroatoms. The molecule has 0 unspecified atom stereocenters. The second-order valence-corrected chi connectivity index (χ2v) is 5.77. The van der Waals surface area contributed by atoms with Crippen LogP contribution in [0.4, 0.5) is 0 Å². The van der Waals surface area contributed by atoms with Gasteiger partial charge < -0.3 is 0 Å². The molecule has 0 bridgehead atoms. The predicted octanol–water partition coefficient (Wildman–Crippen LogP) is 5.74. The van der Waals surface area contributed by atoms with Crippen LogP contribution >= 0.6 is 0 Å². The lowest BCUT2D eigenvalue weighted by Gasteiger charge is -2.11. The van der Waals surface area contributed by atoms with Crippen LogP contribution in [0, 0.1) is 0 Å². The molecule has 1 nitrogen and oxygen atoms in total. The smallest absolute Gasteiger partial charge is 0.194 e. The van der Waals surface area contributed by atoms with Crippen LogP contribution in [0.25, 0.3) is 21.9 Å². The maximum atomic E-state index is 13.3. The van der Waals surface area contributed by atoms with E-state index < -0.39 is 0 Å². The summed E-state index contributed by atoms with van der Waals surface area (Å²) < 4.78 is 0. The van der Waals surface area contributed by atoms with Gasteiger partial charge in [0.25, 0.3) is 0 Å². The molecule has 0 N–H and O–H groups in total. The van der Waals surface area contributed by atoms with E-state index in [1.54, 1.807) is 0 Å². The predicted molar refractivity (Wildman–Crippen MR) is 99.3 cm³/mol. The maximum Gasteiger partial charge on any atom is 0.194 e. The highest BCUT2D eigenvalue weighted by molar-refractivity contribution is 6.18. The van der Waals surface area contributed by atoms with Gasteiger partial charge in [0, 0.05) is 11.1 Å². The number of rotatable bonds is 3. The summed E-state index contributed by atoms with van der Waals surface area (Å²) in [5.41, 5.74) is 3.51. The van der Waals surface area contributed by atoms with Crippen molar-refractivity contribution < 1.29 is 4.79 Å². The van der Waals surface area contributed by atoms with Crippen LogP contribution in [-0.2, 0) is 0 Å². The summed E-state index contributed by atoms with van der Waals surface area (Å²) in [5.74, 6) is 0.0613. The maximum absolute atomic E-state index is 13.3. The highest BCUT2D eigenvalue weighted by Crippen LogP contribution is 2.28. The molecular formula is C23H16O. The average Bonchev–Trinajstić information content (AvgIpc) is 2.68. The Kier molecular flexibility index (Phi) is 3.68. The van der Waals surface area contributed by atoms with Crippen LogP contribution in [-0.4, -0.2) is 5.78 Å². The molecule has 0 saturated carbocycles. The van der Waals surface area contributed by atoms with Gasteiger partial charge in [0.05, 0.1) is 0 Å². The van der Waals surface area contributed by atoms with E-state index in [-0.39, 0.29) is 5.78 Å². The molecule has 4 rings (SSSR count). The van der Waals surface area contributed by atoms with Gasteiger partial charge in [0.15, 0.2) is 5.78 Å². The van der Waals surface area contributed by atoms with Crippen LogP contribution in [0.1, 0.15) is 15.9 Å². The van der Waals surface area contributed by atoms with E-state index in [9.17, 15) is 4.79 Å². The topological polar surface area (TPSA) is 17.1 Å². The minimum absolute atomic E-state index is 0.0613. The quantitative estimate of drug-likeness (QED) is 0.441. The summed E-state index contributed by atoms with van der Waals surface area (Å²) in [6, 6.07) is 31.8. The van der Waals surface area contributed by atoms with Crippen molar-refractivity contribution in [1.29, 1.82) is 0 Å². The van der Waals surface area contributed by atoms with Gasteiger partial charge in [-0.25, -0.2) is 0 Å². The Morgan fingerprint density at radius 1 is 0.542 bits per heavy atom. The minimum atomic E-state index is 0.0613. The summed E-state index contributed by atoms with van der Waals surface area (Å²) in [5, 5.41) is 2.08. The first-order chi connectivity index (χ1) is 11.8. The van der Waals surface area contributed by atoms with Crippen molar-refractivity contribution in [3.05, 3.63) is 108 Å². The molecular weight excluding hydrogens is 292 g/mol. The standard InChI is InChI=1S/C23H16O/c24-23(22-16-8-12-18-11-4-5-13-20(18)22)21-15-7-6-14-19(21)17-9-2-1-3-10-17/h1-16H. The molecule has 0 fully saturated rings. The van der Waals surface area contributed by atoms with Crippen LogP contribution in [0.3, 0.4) is 0 Å². The SMILES string of the molecule is O=C(c1ccccc1-c1ccccc1)c1cccc2ccccc12. The first-order valence-corrected chi connectivity index (χ1v) is 8.01.